The van der Waals surface area contributed by atoms with Crippen LogP contribution in [0, 0.1) is 0 Å². The van der Waals surface area contributed by atoms with Gasteiger partial charge in [-0.15, -0.1) is 0 Å². The second kappa shape index (κ2) is 12.0. The van der Waals surface area contributed by atoms with Gasteiger partial charge in [-0.05, 0) is 36.4 Å². The first-order chi connectivity index (χ1) is 18.8. The van der Waals surface area contributed by atoms with Crippen molar-refractivity contribution in [1.82, 2.24) is 5.32 Å². The van der Waals surface area contributed by atoms with Crippen LogP contribution in [0.1, 0.15) is 0 Å². The minimum atomic E-state index is -4.30. The van der Waals surface area contributed by atoms with Gasteiger partial charge >= 0.3 is 0 Å². The van der Waals surface area contributed by atoms with E-state index in [1.165, 1.54) is 52.7 Å². The number of para-hydroxylation sites is 2. The molecule has 0 bridgehead atoms. The summed E-state index contributed by atoms with van der Waals surface area (Å²) >= 11 is 0. The molecule has 0 aliphatic carbocycles. The zero-order chi connectivity index (χ0) is 28.0. The van der Waals surface area contributed by atoms with Crippen LogP contribution in [0.4, 0.5) is 5.69 Å². The molecule has 39 heavy (non-hydrogen) atoms. The standard InChI is InChI=1S/C27H30N2O9S/c1-33-18-9-11-22(34-2)21(13-18)29(39(31,32)20-10-12-23(35-3)26(14-20)36-4)16-27(30)28-15-19-17-37-24-7-5-6-8-25(24)38-19/h5-14,19H,15-17H2,1-4H3,(H,28,30)/t19-/m1/s1. The van der Waals surface area contributed by atoms with E-state index in [4.69, 9.17) is 28.4 Å². The van der Waals surface area contributed by atoms with E-state index in [0.29, 0.717) is 23.0 Å². The van der Waals surface area contributed by atoms with E-state index >= 15 is 0 Å². The summed E-state index contributed by atoms with van der Waals surface area (Å²) in [6.45, 7) is -0.217. The summed E-state index contributed by atoms with van der Waals surface area (Å²) in [7, 11) is 1.41. The maximum Gasteiger partial charge on any atom is 0.265 e. The molecule has 0 radical (unpaired) electrons. The van der Waals surface area contributed by atoms with Crippen LogP contribution in [0.2, 0.25) is 0 Å². The average Bonchev–Trinajstić information content (AvgIpc) is 2.97. The minimum absolute atomic E-state index is 0.104. The van der Waals surface area contributed by atoms with Crippen LogP contribution in [-0.2, 0) is 14.8 Å². The second-order valence-corrected chi connectivity index (χ2v) is 10.2. The first kappa shape index (κ1) is 27.7. The van der Waals surface area contributed by atoms with E-state index < -0.39 is 28.6 Å². The minimum Gasteiger partial charge on any atom is -0.497 e. The number of anilines is 1. The van der Waals surface area contributed by atoms with E-state index in [0.717, 1.165) is 4.31 Å². The molecule has 1 amide bonds. The Labute approximate surface area is 227 Å². The first-order valence-corrected chi connectivity index (χ1v) is 13.4. The number of benzene rings is 3. The molecular formula is C27H30N2O9S. The molecule has 0 spiro atoms. The monoisotopic (exact) mass is 558 g/mol. The van der Waals surface area contributed by atoms with Crippen molar-refractivity contribution in [3.8, 4) is 34.5 Å². The number of nitrogens with one attached hydrogen (secondary N) is 1. The Balaban J connectivity index is 1.62. The Bertz CT molecular complexity index is 1430. The number of sulfonamides is 1. The molecular weight excluding hydrogens is 528 g/mol. The average molecular weight is 559 g/mol. The molecule has 12 heteroatoms. The summed E-state index contributed by atoms with van der Waals surface area (Å²) in [6.07, 6.45) is -0.453. The number of ether oxygens (including phenoxy) is 6. The van der Waals surface area contributed by atoms with Crippen molar-refractivity contribution < 1.29 is 41.6 Å². The van der Waals surface area contributed by atoms with E-state index in [9.17, 15) is 13.2 Å². The summed E-state index contributed by atoms with van der Waals surface area (Å²) in [5, 5.41) is 2.75. The molecule has 0 saturated carbocycles. The van der Waals surface area contributed by atoms with E-state index in [1.807, 2.05) is 12.1 Å². The SMILES string of the molecule is COc1ccc(OC)c(N(CC(=O)NC[C@@H]2COc3ccccc3O2)S(=O)(=O)c2ccc(OC)c(OC)c2)c1. The fourth-order valence-electron chi connectivity index (χ4n) is 3.97. The summed E-state index contributed by atoms with van der Waals surface area (Å²) in [5.41, 5.74) is 0.118. The predicted molar refractivity (Wildman–Crippen MR) is 143 cm³/mol. The van der Waals surface area contributed by atoms with Crippen molar-refractivity contribution >= 4 is 21.6 Å². The lowest BCUT2D eigenvalue weighted by Crippen LogP contribution is -2.45. The van der Waals surface area contributed by atoms with E-state index in [2.05, 4.69) is 5.32 Å². The first-order valence-electron chi connectivity index (χ1n) is 11.9. The van der Waals surface area contributed by atoms with Crippen LogP contribution in [0.25, 0.3) is 0 Å². The number of fused-ring (bicyclic) bond motifs is 1. The van der Waals surface area contributed by atoms with E-state index in [-0.39, 0.29) is 35.2 Å². The number of nitrogens with zero attached hydrogens (tertiary/aromatic N) is 1. The van der Waals surface area contributed by atoms with Gasteiger partial charge in [0, 0.05) is 12.1 Å². The summed E-state index contributed by atoms with van der Waals surface area (Å²) in [6, 6.07) is 16.1. The molecule has 1 heterocycles. The van der Waals surface area contributed by atoms with Crippen LogP contribution in [0.5, 0.6) is 34.5 Å². The quantitative estimate of drug-likeness (QED) is 0.379. The Morgan fingerprint density at radius 2 is 1.59 bits per heavy atom. The van der Waals surface area contributed by atoms with Gasteiger partial charge in [0.25, 0.3) is 10.0 Å². The van der Waals surface area contributed by atoms with Crippen molar-refractivity contribution in [3.05, 3.63) is 60.7 Å². The van der Waals surface area contributed by atoms with Crippen LogP contribution < -0.4 is 38.0 Å². The molecule has 4 rings (SSSR count). The summed E-state index contributed by atoms with van der Waals surface area (Å²) in [4.78, 5) is 13.0. The molecule has 3 aromatic rings. The number of carbonyl (C=O) groups excluding carboxylic acids is 1. The highest BCUT2D eigenvalue weighted by molar-refractivity contribution is 7.92. The van der Waals surface area contributed by atoms with Crippen molar-refractivity contribution in [2.45, 2.75) is 11.0 Å². The largest absolute Gasteiger partial charge is 0.497 e. The van der Waals surface area contributed by atoms with E-state index in [1.54, 1.807) is 24.3 Å². The van der Waals surface area contributed by atoms with Gasteiger partial charge in [-0.1, -0.05) is 12.1 Å². The van der Waals surface area contributed by atoms with Crippen LogP contribution in [0.3, 0.4) is 0 Å². The van der Waals surface area contributed by atoms with Gasteiger partial charge in [0.05, 0.1) is 45.6 Å². The highest BCUT2D eigenvalue weighted by Crippen LogP contribution is 2.37. The maximum absolute atomic E-state index is 14.0. The molecule has 1 aliphatic heterocycles. The number of methoxy groups -OCH3 is 4. The topological polar surface area (TPSA) is 122 Å². The number of amides is 1. The van der Waals surface area contributed by atoms with Gasteiger partial charge in [0.2, 0.25) is 5.91 Å². The predicted octanol–water partition coefficient (Wildman–Crippen LogP) is 2.87. The Morgan fingerprint density at radius 3 is 2.28 bits per heavy atom. The van der Waals surface area contributed by atoms with Gasteiger partial charge in [0.1, 0.15) is 30.8 Å². The Morgan fingerprint density at radius 1 is 0.897 bits per heavy atom. The zero-order valence-electron chi connectivity index (χ0n) is 22.0. The molecule has 11 nitrogen and oxygen atoms in total. The molecule has 1 N–H and O–H groups in total. The van der Waals surface area contributed by atoms with Crippen LogP contribution in [0.15, 0.2) is 65.6 Å². The lowest BCUT2D eigenvalue weighted by atomic mass is 10.2. The Hall–Kier alpha value is -4.32. The fourth-order valence-corrected chi connectivity index (χ4v) is 5.41. The van der Waals surface area contributed by atoms with Gasteiger partial charge in [-0.3, -0.25) is 9.10 Å². The molecule has 1 atom stereocenters. The third-order valence-corrected chi connectivity index (χ3v) is 7.74. The second-order valence-electron chi connectivity index (χ2n) is 8.37. The van der Waals surface area contributed by atoms with Crippen LogP contribution >= 0.6 is 0 Å². The zero-order valence-corrected chi connectivity index (χ0v) is 22.8. The summed E-state index contributed by atoms with van der Waals surface area (Å²) < 4.78 is 61.7. The number of hydrogen-bond acceptors (Lipinski definition) is 9. The number of carbonyl (C=O) groups is 1. The highest BCUT2D eigenvalue weighted by atomic mass is 32.2. The van der Waals surface area contributed by atoms with Gasteiger partial charge < -0.3 is 33.7 Å². The van der Waals surface area contributed by atoms with Gasteiger partial charge in [-0.2, -0.15) is 0 Å². The van der Waals surface area contributed by atoms with Crippen molar-refractivity contribution in [2.75, 3.05) is 52.4 Å². The summed E-state index contributed by atoms with van der Waals surface area (Å²) in [5.74, 6) is 1.82. The number of rotatable bonds is 11. The van der Waals surface area contributed by atoms with Crippen molar-refractivity contribution in [1.29, 1.82) is 0 Å². The molecule has 3 aromatic carbocycles. The molecule has 0 saturated heterocycles. The molecule has 208 valence electrons. The third-order valence-electron chi connectivity index (χ3n) is 5.98. The van der Waals surface area contributed by atoms with Gasteiger partial charge in [-0.25, -0.2) is 8.42 Å². The third kappa shape index (κ3) is 6.06. The Kier molecular flexibility index (Phi) is 8.55. The fraction of sp³-hybridized carbons (Fsp3) is 0.296. The van der Waals surface area contributed by atoms with Crippen LogP contribution in [-0.4, -0.2) is 68.6 Å². The normalized spacial score (nSPS) is 14.2. The smallest absolute Gasteiger partial charge is 0.265 e. The lowest BCUT2D eigenvalue weighted by Gasteiger charge is -2.28. The molecule has 1 aliphatic rings. The molecule has 0 unspecified atom stereocenters. The number of hydrogen-bond donors (Lipinski definition) is 1. The molecule has 0 fully saturated rings. The van der Waals surface area contributed by atoms with Gasteiger partial charge in [0.15, 0.2) is 23.0 Å². The lowest BCUT2D eigenvalue weighted by molar-refractivity contribution is -0.120. The maximum atomic E-state index is 14.0. The van der Waals surface area contributed by atoms with Crippen molar-refractivity contribution in [2.24, 2.45) is 0 Å². The van der Waals surface area contributed by atoms with Crippen molar-refractivity contribution in [3.63, 3.8) is 0 Å². The highest BCUT2D eigenvalue weighted by Gasteiger charge is 2.31. The molecule has 0 aromatic heterocycles.